The van der Waals surface area contributed by atoms with Crippen molar-refractivity contribution < 1.29 is 33.3 Å². The summed E-state index contributed by atoms with van der Waals surface area (Å²) in [5.74, 6) is 0.883. The average Bonchev–Trinajstić information content (AvgIpc) is 3.21. The SMILES string of the molecule is CC[n+]1ccc(C=CC=C2Sc3ccccc3N2Cc2ccc(OC)cc2)c2ccccc21.[I-]. The first-order valence-electron chi connectivity index (χ1n) is 11.2. The molecule has 172 valence electrons. The number of allylic oxidation sites excluding steroid dienone is 2. The number of aryl methyl sites for hydroxylation is 1. The number of ether oxygens (including phenoxy) is 1. The Labute approximate surface area is 222 Å². The highest BCUT2D eigenvalue weighted by atomic mass is 127. The number of para-hydroxylation sites is 2. The number of pyridine rings is 1. The molecule has 0 fully saturated rings. The number of methoxy groups -OCH3 is 1. The second-order valence-corrected chi connectivity index (χ2v) is 9.00. The van der Waals surface area contributed by atoms with E-state index >= 15 is 0 Å². The van der Waals surface area contributed by atoms with Crippen molar-refractivity contribution in [3.05, 3.63) is 113 Å². The third-order valence-corrected chi connectivity index (χ3v) is 7.08. The van der Waals surface area contributed by atoms with Crippen LogP contribution < -0.4 is 38.2 Å². The summed E-state index contributed by atoms with van der Waals surface area (Å²) >= 11 is 1.82. The zero-order chi connectivity index (χ0) is 22.6. The van der Waals surface area contributed by atoms with Crippen LogP contribution in [-0.2, 0) is 13.1 Å². The molecule has 0 saturated heterocycles. The maximum Gasteiger partial charge on any atom is 0.213 e. The van der Waals surface area contributed by atoms with Crippen LogP contribution in [0.1, 0.15) is 18.1 Å². The summed E-state index contributed by atoms with van der Waals surface area (Å²) in [6, 6.07) is 27.7. The van der Waals surface area contributed by atoms with Gasteiger partial charge in [-0.1, -0.05) is 60.3 Å². The maximum atomic E-state index is 5.32. The van der Waals surface area contributed by atoms with Gasteiger partial charge in [-0.05, 0) is 54.5 Å². The first-order valence-corrected chi connectivity index (χ1v) is 12.1. The van der Waals surface area contributed by atoms with Crippen molar-refractivity contribution in [2.45, 2.75) is 24.9 Å². The third-order valence-electron chi connectivity index (χ3n) is 5.95. The van der Waals surface area contributed by atoms with E-state index in [-0.39, 0.29) is 24.0 Å². The average molecular weight is 579 g/mol. The maximum absolute atomic E-state index is 5.32. The number of benzene rings is 3. The molecular weight excluding hydrogens is 551 g/mol. The molecule has 0 saturated carbocycles. The van der Waals surface area contributed by atoms with E-state index in [0.29, 0.717) is 0 Å². The van der Waals surface area contributed by atoms with Crippen LogP contribution in [0.5, 0.6) is 5.75 Å². The Balaban J connectivity index is 0.00000274. The smallest absolute Gasteiger partial charge is 0.213 e. The summed E-state index contributed by atoms with van der Waals surface area (Å²) in [6.45, 7) is 3.96. The molecular formula is C29H27IN2OS. The van der Waals surface area contributed by atoms with Crippen molar-refractivity contribution in [3.8, 4) is 5.75 Å². The minimum Gasteiger partial charge on any atom is -1.00 e. The standard InChI is InChI=1S/C29H27N2OS.HI/c1-3-30-20-19-23(25-10-4-5-11-26(25)30)9-8-14-29-31(27-12-6-7-13-28(27)33-29)21-22-15-17-24(32-2)18-16-22;/h4-20H,3,21H2,1-2H3;1H/q+1;/p-1. The predicted molar refractivity (Wildman–Crippen MR) is 138 cm³/mol. The fraction of sp³-hybridized carbons (Fsp3) is 0.138. The van der Waals surface area contributed by atoms with Gasteiger partial charge >= 0.3 is 0 Å². The molecule has 0 amide bonds. The monoisotopic (exact) mass is 578 g/mol. The summed E-state index contributed by atoms with van der Waals surface area (Å²) in [6.07, 6.45) is 8.78. The summed E-state index contributed by atoms with van der Waals surface area (Å²) in [5.41, 5.74) is 5.00. The van der Waals surface area contributed by atoms with Crippen molar-refractivity contribution in [1.82, 2.24) is 0 Å². The lowest BCUT2D eigenvalue weighted by Crippen LogP contribution is -3.00. The van der Waals surface area contributed by atoms with E-state index in [4.69, 9.17) is 4.74 Å². The lowest BCUT2D eigenvalue weighted by molar-refractivity contribution is -0.667. The Morgan fingerprint density at radius 1 is 0.941 bits per heavy atom. The molecule has 34 heavy (non-hydrogen) atoms. The van der Waals surface area contributed by atoms with Gasteiger partial charge in [0.25, 0.3) is 0 Å². The van der Waals surface area contributed by atoms with Crippen LogP contribution in [0.15, 0.2) is 107 Å². The fourth-order valence-electron chi connectivity index (χ4n) is 4.22. The van der Waals surface area contributed by atoms with Gasteiger partial charge in [0.1, 0.15) is 12.3 Å². The van der Waals surface area contributed by atoms with Crippen molar-refractivity contribution in [2.24, 2.45) is 0 Å². The normalized spacial score (nSPS) is 13.9. The third kappa shape index (κ3) is 5.00. The molecule has 5 heteroatoms. The molecule has 0 atom stereocenters. The van der Waals surface area contributed by atoms with Crippen LogP contribution in [0.25, 0.3) is 17.0 Å². The molecule has 0 radical (unpaired) electrons. The molecule has 1 aromatic heterocycles. The van der Waals surface area contributed by atoms with Crippen molar-refractivity contribution >= 4 is 34.4 Å². The summed E-state index contributed by atoms with van der Waals surface area (Å²) in [4.78, 5) is 3.68. The van der Waals surface area contributed by atoms with E-state index in [0.717, 1.165) is 18.8 Å². The van der Waals surface area contributed by atoms with Gasteiger partial charge in [-0.2, -0.15) is 4.57 Å². The Bertz CT molecular complexity index is 1350. The van der Waals surface area contributed by atoms with Gasteiger partial charge < -0.3 is 33.6 Å². The Hall–Kier alpha value is -2.77. The zero-order valence-corrected chi connectivity index (χ0v) is 22.3. The Kier molecular flexibility index (Phi) is 7.95. The van der Waals surface area contributed by atoms with Gasteiger partial charge in [-0.15, -0.1) is 0 Å². The van der Waals surface area contributed by atoms with Gasteiger partial charge in [-0.25, -0.2) is 0 Å². The van der Waals surface area contributed by atoms with E-state index in [2.05, 4.69) is 108 Å². The molecule has 4 aromatic rings. The number of thioether (sulfide) groups is 1. The number of rotatable bonds is 6. The van der Waals surface area contributed by atoms with Crippen LogP contribution in [0, 0.1) is 0 Å². The highest BCUT2D eigenvalue weighted by Crippen LogP contribution is 2.46. The van der Waals surface area contributed by atoms with Crippen LogP contribution in [0.3, 0.4) is 0 Å². The predicted octanol–water partition coefficient (Wildman–Crippen LogP) is 3.83. The molecule has 0 unspecified atom stereocenters. The second-order valence-electron chi connectivity index (χ2n) is 7.94. The topological polar surface area (TPSA) is 16.4 Å². The van der Waals surface area contributed by atoms with Crippen LogP contribution in [-0.4, -0.2) is 7.11 Å². The van der Waals surface area contributed by atoms with Crippen LogP contribution >= 0.6 is 11.8 Å². The van der Waals surface area contributed by atoms with Crippen molar-refractivity contribution in [1.29, 1.82) is 0 Å². The zero-order valence-electron chi connectivity index (χ0n) is 19.3. The summed E-state index contributed by atoms with van der Waals surface area (Å²) in [5, 5.41) is 2.50. The molecule has 0 aliphatic carbocycles. The largest absolute Gasteiger partial charge is 1.00 e. The Morgan fingerprint density at radius 3 is 2.50 bits per heavy atom. The molecule has 1 aliphatic rings. The lowest BCUT2D eigenvalue weighted by Gasteiger charge is -2.20. The number of hydrogen-bond donors (Lipinski definition) is 0. The number of halogens is 1. The van der Waals surface area contributed by atoms with E-state index < -0.39 is 0 Å². The van der Waals surface area contributed by atoms with E-state index in [9.17, 15) is 0 Å². The van der Waals surface area contributed by atoms with Crippen molar-refractivity contribution in [2.75, 3.05) is 12.0 Å². The second kappa shape index (κ2) is 11.1. The van der Waals surface area contributed by atoms with E-state index in [1.165, 1.54) is 37.6 Å². The van der Waals surface area contributed by atoms with Crippen LogP contribution in [0.4, 0.5) is 5.69 Å². The number of hydrogen-bond acceptors (Lipinski definition) is 3. The number of aromatic nitrogens is 1. The summed E-state index contributed by atoms with van der Waals surface area (Å²) in [7, 11) is 1.70. The van der Waals surface area contributed by atoms with Crippen LogP contribution in [0.2, 0.25) is 0 Å². The fourth-order valence-corrected chi connectivity index (χ4v) is 5.29. The van der Waals surface area contributed by atoms with E-state index in [1.807, 2.05) is 23.9 Å². The molecule has 3 nitrogen and oxygen atoms in total. The van der Waals surface area contributed by atoms with Gasteiger partial charge in [0.15, 0.2) is 6.20 Å². The molecule has 0 spiro atoms. The number of fused-ring (bicyclic) bond motifs is 2. The molecule has 1 aliphatic heterocycles. The molecule has 0 N–H and O–H groups in total. The van der Waals surface area contributed by atoms with Gasteiger partial charge in [0.05, 0.1) is 23.2 Å². The minimum atomic E-state index is 0. The quantitative estimate of drug-likeness (QED) is 0.256. The first kappa shape index (κ1) is 24.4. The highest BCUT2D eigenvalue weighted by Gasteiger charge is 2.24. The Morgan fingerprint density at radius 2 is 1.71 bits per heavy atom. The molecule has 2 heterocycles. The van der Waals surface area contributed by atoms with Crippen molar-refractivity contribution in [3.63, 3.8) is 0 Å². The van der Waals surface area contributed by atoms with Gasteiger partial charge in [-0.3, -0.25) is 0 Å². The van der Waals surface area contributed by atoms with Gasteiger partial charge in [0.2, 0.25) is 5.52 Å². The lowest BCUT2D eigenvalue weighted by atomic mass is 10.1. The molecule has 0 bridgehead atoms. The first-order chi connectivity index (χ1) is 16.3. The minimum absolute atomic E-state index is 0. The number of nitrogens with zero attached hydrogens (tertiary/aromatic N) is 2. The van der Waals surface area contributed by atoms with Gasteiger partial charge in [0, 0.05) is 23.6 Å². The highest BCUT2D eigenvalue weighted by molar-refractivity contribution is 8.03. The summed E-state index contributed by atoms with van der Waals surface area (Å²) < 4.78 is 7.60. The number of anilines is 1. The molecule has 3 aromatic carbocycles. The molecule has 5 rings (SSSR count). The van der Waals surface area contributed by atoms with E-state index in [1.54, 1.807) is 7.11 Å².